The molecule has 4 rings (SSSR count). The van der Waals surface area contributed by atoms with E-state index in [1.165, 1.54) is 57.8 Å². The molecule has 4 nitrogen and oxygen atoms in total. The number of aliphatic hydroxyl groups is 1. The Morgan fingerprint density at radius 2 is 1.86 bits per heavy atom. The number of carbonyl (C=O) groups is 1. The summed E-state index contributed by atoms with van der Waals surface area (Å²) in [6.07, 6.45) is 17.9. The maximum atomic E-state index is 12.3. The molecule has 0 aromatic rings. The van der Waals surface area contributed by atoms with Gasteiger partial charge in [-0.3, -0.25) is 4.79 Å². The van der Waals surface area contributed by atoms with Crippen LogP contribution in [-0.2, 0) is 4.79 Å². The van der Waals surface area contributed by atoms with E-state index in [-0.39, 0.29) is 12.0 Å². The molecule has 0 radical (unpaired) electrons. The van der Waals surface area contributed by atoms with Crippen molar-refractivity contribution in [2.45, 2.75) is 117 Å². The van der Waals surface area contributed by atoms with Crippen LogP contribution in [0.15, 0.2) is 11.6 Å². The van der Waals surface area contributed by atoms with Crippen LogP contribution in [0, 0.1) is 46.3 Å². The predicted molar refractivity (Wildman–Crippen MR) is 154 cm³/mol. The summed E-state index contributed by atoms with van der Waals surface area (Å²) in [5.74, 6) is 4.93. The molecule has 4 aliphatic carbocycles. The maximum Gasteiger partial charge on any atom is 0.220 e. The Balaban J connectivity index is 1.25. The van der Waals surface area contributed by atoms with Gasteiger partial charge in [-0.25, -0.2) is 0 Å². The quantitative estimate of drug-likeness (QED) is 0.235. The van der Waals surface area contributed by atoms with Gasteiger partial charge in [0.1, 0.15) is 0 Å². The van der Waals surface area contributed by atoms with Crippen LogP contribution in [0.3, 0.4) is 0 Å². The number of nitrogens with one attached hydrogen (secondary N) is 1. The molecule has 37 heavy (non-hydrogen) atoms. The number of nitrogens with zero attached hydrogens (tertiary/aromatic N) is 1. The molecule has 4 aliphatic rings. The highest BCUT2D eigenvalue weighted by atomic mass is 16.3. The van der Waals surface area contributed by atoms with Gasteiger partial charge < -0.3 is 15.3 Å². The molecular formula is C33H58N2O2. The van der Waals surface area contributed by atoms with Gasteiger partial charge in [-0.15, -0.1) is 0 Å². The van der Waals surface area contributed by atoms with E-state index in [4.69, 9.17) is 0 Å². The second-order valence-electron chi connectivity index (χ2n) is 14.6. The van der Waals surface area contributed by atoms with Crippen LogP contribution >= 0.6 is 0 Å². The van der Waals surface area contributed by atoms with Gasteiger partial charge in [-0.05, 0) is 125 Å². The SMILES string of the molecule is CC(CCC[C@@H](C)[C@H]1CC[C@H]2[C@@H]3CC=C4C[C@@H](O)CC[C@]4(C)[C@H]3CC[C@]12C)CC(=O)NCCCN(C)C. The second-order valence-corrected chi connectivity index (χ2v) is 14.6. The molecule has 1 unspecified atom stereocenters. The number of aliphatic hydroxyl groups excluding tert-OH is 1. The molecule has 0 aromatic carbocycles. The van der Waals surface area contributed by atoms with Crippen molar-refractivity contribution in [3.8, 4) is 0 Å². The normalized spacial score (nSPS) is 38.8. The average molecular weight is 515 g/mol. The fraction of sp³-hybridized carbons (Fsp3) is 0.909. The van der Waals surface area contributed by atoms with E-state index in [0.29, 0.717) is 23.2 Å². The molecule has 3 fully saturated rings. The monoisotopic (exact) mass is 514 g/mol. The molecule has 0 aliphatic heterocycles. The van der Waals surface area contributed by atoms with Crippen molar-refractivity contribution in [3.05, 3.63) is 11.6 Å². The molecule has 0 heterocycles. The van der Waals surface area contributed by atoms with Crippen LogP contribution in [-0.4, -0.2) is 49.2 Å². The Labute approximate surface area is 228 Å². The lowest BCUT2D eigenvalue weighted by Crippen LogP contribution is -2.50. The van der Waals surface area contributed by atoms with Crippen molar-refractivity contribution in [2.24, 2.45) is 46.3 Å². The molecule has 0 saturated heterocycles. The first-order chi connectivity index (χ1) is 17.5. The third-order valence-electron chi connectivity index (χ3n) is 11.8. The number of rotatable bonds is 11. The first kappa shape index (κ1) is 29.1. The van der Waals surface area contributed by atoms with Gasteiger partial charge in [0.15, 0.2) is 0 Å². The standard InChI is InChI=1S/C33H58N2O2/c1-23(21-31(37)34-19-8-20-35(5)6)9-7-10-24(2)28-13-14-29-27-12-11-25-22-26(36)15-17-32(25,3)30(27)16-18-33(28,29)4/h11,23-24,26-30,36H,7-10,12-22H2,1-6H3,(H,34,37)/t23?,24-,26+,27+,28-,29+,30+,32+,33-/m1/s1. The lowest BCUT2D eigenvalue weighted by atomic mass is 9.47. The Morgan fingerprint density at radius 1 is 1.08 bits per heavy atom. The van der Waals surface area contributed by atoms with E-state index in [0.717, 1.165) is 61.9 Å². The highest BCUT2D eigenvalue weighted by Crippen LogP contribution is 2.67. The number of hydrogen-bond donors (Lipinski definition) is 2. The largest absolute Gasteiger partial charge is 0.393 e. The number of hydrogen-bond acceptors (Lipinski definition) is 3. The number of carbonyl (C=O) groups excluding carboxylic acids is 1. The third-order valence-corrected chi connectivity index (χ3v) is 11.8. The van der Waals surface area contributed by atoms with Crippen LogP contribution in [0.5, 0.6) is 0 Å². The number of allylic oxidation sites excluding steroid dienone is 1. The lowest BCUT2D eigenvalue weighted by molar-refractivity contribution is -0.121. The van der Waals surface area contributed by atoms with E-state index in [1.807, 2.05) is 0 Å². The fourth-order valence-electron chi connectivity index (χ4n) is 9.72. The smallest absolute Gasteiger partial charge is 0.220 e. The molecule has 4 heteroatoms. The zero-order valence-corrected chi connectivity index (χ0v) is 25.0. The third kappa shape index (κ3) is 6.32. The van der Waals surface area contributed by atoms with Crippen molar-refractivity contribution in [3.63, 3.8) is 0 Å². The topological polar surface area (TPSA) is 52.6 Å². The van der Waals surface area contributed by atoms with Gasteiger partial charge in [0, 0.05) is 13.0 Å². The molecule has 212 valence electrons. The van der Waals surface area contributed by atoms with E-state index < -0.39 is 0 Å². The first-order valence-electron chi connectivity index (χ1n) is 15.8. The maximum absolute atomic E-state index is 12.3. The molecular weight excluding hydrogens is 456 g/mol. The first-order valence-corrected chi connectivity index (χ1v) is 15.8. The summed E-state index contributed by atoms with van der Waals surface area (Å²) in [6.45, 7) is 11.8. The lowest BCUT2D eigenvalue weighted by Gasteiger charge is -2.58. The van der Waals surface area contributed by atoms with E-state index in [9.17, 15) is 9.90 Å². The van der Waals surface area contributed by atoms with Crippen LogP contribution in [0.4, 0.5) is 0 Å². The van der Waals surface area contributed by atoms with Crippen molar-refractivity contribution in [1.29, 1.82) is 0 Å². The zero-order chi connectivity index (χ0) is 26.8. The second kappa shape index (κ2) is 12.1. The minimum atomic E-state index is -0.105. The summed E-state index contributed by atoms with van der Waals surface area (Å²) in [6, 6.07) is 0. The fourth-order valence-corrected chi connectivity index (χ4v) is 9.72. The minimum absolute atomic E-state index is 0.105. The molecule has 9 atom stereocenters. The van der Waals surface area contributed by atoms with E-state index >= 15 is 0 Å². The molecule has 1 amide bonds. The van der Waals surface area contributed by atoms with Gasteiger partial charge >= 0.3 is 0 Å². The molecule has 2 N–H and O–H groups in total. The number of amides is 1. The zero-order valence-electron chi connectivity index (χ0n) is 25.0. The number of fused-ring (bicyclic) bond motifs is 5. The van der Waals surface area contributed by atoms with E-state index in [2.05, 4.69) is 58.1 Å². The van der Waals surface area contributed by atoms with Crippen molar-refractivity contribution < 1.29 is 9.90 Å². The molecule has 0 spiro atoms. The van der Waals surface area contributed by atoms with Crippen molar-refractivity contribution in [2.75, 3.05) is 27.2 Å². The van der Waals surface area contributed by atoms with Crippen LogP contribution in [0.25, 0.3) is 0 Å². The van der Waals surface area contributed by atoms with Crippen molar-refractivity contribution in [1.82, 2.24) is 10.2 Å². The highest BCUT2D eigenvalue weighted by molar-refractivity contribution is 5.76. The van der Waals surface area contributed by atoms with E-state index in [1.54, 1.807) is 5.57 Å². The highest BCUT2D eigenvalue weighted by Gasteiger charge is 2.59. The van der Waals surface area contributed by atoms with Crippen LogP contribution in [0.1, 0.15) is 111 Å². The minimum Gasteiger partial charge on any atom is -0.393 e. The Hall–Kier alpha value is -0.870. The Morgan fingerprint density at radius 3 is 2.62 bits per heavy atom. The summed E-state index contributed by atoms with van der Waals surface area (Å²) < 4.78 is 0. The van der Waals surface area contributed by atoms with Gasteiger partial charge in [0.2, 0.25) is 5.91 Å². The van der Waals surface area contributed by atoms with Gasteiger partial charge in [-0.2, -0.15) is 0 Å². The van der Waals surface area contributed by atoms with Crippen molar-refractivity contribution >= 4 is 5.91 Å². The summed E-state index contributed by atoms with van der Waals surface area (Å²) in [5.41, 5.74) is 2.45. The summed E-state index contributed by atoms with van der Waals surface area (Å²) in [5, 5.41) is 13.4. The Bertz CT molecular complexity index is 808. The van der Waals surface area contributed by atoms with Gasteiger partial charge in [0.25, 0.3) is 0 Å². The van der Waals surface area contributed by atoms with Crippen LogP contribution in [0.2, 0.25) is 0 Å². The van der Waals surface area contributed by atoms with Gasteiger partial charge in [0.05, 0.1) is 6.10 Å². The average Bonchev–Trinajstić information content (AvgIpc) is 3.19. The Kier molecular flexibility index (Phi) is 9.53. The predicted octanol–water partition coefficient (Wildman–Crippen LogP) is 6.83. The summed E-state index contributed by atoms with van der Waals surface area (Å²) >= 11 is 0. The molecule has 0 aromatic heterocycles. The summed E-state index contributed by atoms with van der Waals surface area (Å²) in [7, 11) is 4.16. The molecule has 0 bridgehead atoms. The van der Waals surface area contributed by atoms with Gasteiger partial charge in [-0.1, -0.05) is 58.6 Å². The molecule has 3 saturated carbocycles. The summed E-state index contributed by atoms with van der Waals surface area (Å²) in [4.78, 5) is 14.5. The van der Waals surface area contributed by atoms with Crippen LogP contribution < -0.4 is 5.32 Å².